The molecule has 5 nitrogen and oxygen atoms in total. The summed E-state index contributed by atoms with van der Waals surface area (Å²) in [7, 11) is 0. The zero-order valence-electron chi connectivity index (χ0n) is 18.3. The van der Waals surface area contributed by atoms with Crippen LogP contribution in [0.4, 0.5) is 17.2 Å². The minimum absolute atomic E-state index is 0.0621. The molecule has 0 fully saturated rings. The van der Waals surface area contributed by atoms with Gasteiger partial charge in [0.2, 0.25) is 0 Å². The number of fused-ring (bicyclic) bond motifs is 1. The molecule has 3 aromatic carbocycles. The smallest absolute Gasteiger partial charge is 0.193 e. The number of rotatable bonds is 6. The van der Waals surface area contributed by atoms with Crippen LogP contribution in [-0.4, -0.2) is 9.55 Å². The minimum atomic E-state index is -0.0621. The molecule has 2 N–H and O–H groups in total. The van der Waals surface area contributed by atoms with Gasteiger partial charge in [-0.2, -0.15) is 0 Å². The Hall–Kier alpha value is -4.38. The summed E-state index contributed by atoms with van der Waals surface area (Å²) in [5.74, 6) is 0.706. The van der Waals surface area contributed by atoms with Gasteiger partial charge in [0.25, 0.3) is 0 Å². The summed E-state index contributed by atoms with van der Waals surface area (Å²) in [6.45, 7) is 2.42. The lowest BCUT2D eigenvalue weighted by Crippen LogP contribution is -2.16. The quantitative estimate of drug-likeness (QED) is 0.343. The van der Waals surface area contributed by atoms with Crippen molar-refractivity contribution in [3.8, 4) is 5.69 Å². The van der Waals surface area contributed by atoms with E-state index >= 15 is 0 Å². The van der Waals surface area contributed by atoms with Crippen molar-refractivity contribution in [3.05, 3.63) is 125 Å². The Kier molecular flexibility index (Phi) is 5.60. The lowest BCUT2D eigenvalue weighted by Gasteiger charge is -2.20. The fourth-order valence-electron chi connectivity index (χ4n) is 4.04. The highest BCUT2D eigenvalue weighted by molar-refractivity contribution is 5.86. The Balaban J connectivity index is 1.70. The number of benzene rings is 3. The molecule has 0 aliphatic heterocycles. The van der Waals surface area contributed by atoms with E-state index in [-0.39, 0.29) is 5.43 Å². The maximum absolute atomic E-state index is 13.4. The Morgan fingerprint density at radius 2 is 1.39 bits per heavy atom. The SMILES string of the molecule is Cc1cc2c(c(CNc3ccccc3)n1)c(=O)cc(Nc1ccccc1)n2-c1ccccc1. The van der Waals surface area contributed by atoms with Gasteiger partial charge < -0.3 is 10.6 Å². The number of para-hydroxylation sites is 3. The zero-order chi connectivity index (χ0) is 22.6. The van der Waals surface area contributed by atoms with Gasteiger partial charge in [0.15, 0.2) is 5.43 Å². The number of nitrogens with one attached hydrogen (secondary N) is 2. The van der Waals surface area contributed by atoms with Gasteiger partial charge in [0, 0.05) is 28.8 Å². The number of nitrogens with zero attached hydrogens (tertiary/aromatic N) is 2. The van der Waals surface area contributed by atoms with Crippen molar-refractivity contribution in [1.82, 2.24) is 9.55 Å². The molecular weight excluding hydrogens is 408 g/mol. The highest BCUT2D eigenvalue weighted by Gasteiger charge is 2.16. The first kappa shape index (κ1) is 20.5. The van der Waals surface area contributed by atoms with Crippen molar-refractivity contribution < 1.29 is 0 Å². The number of aromatic nitrogens is 2. The molecule has 0 saturated carbocycles. The normalized spacial score (nSPS) is 10.8. The molecule has 5 rings (SSSR count). The largest absolute Gasteiger partial charge is 0.379 e. The van der Waals surface area contributed by atoms with E-state index in [1.807, 2.05) is 104 Å². The molecule has 0 atom stereocenters. The summed E-state index contributed by atoms with van der Waals surface area (Å²) in [6.07, 6.45) is 0. The minimum Gasteiger partial charge on any atom is -0.379 e. The lowest BCUT2D eigenvalue weighted by molar-refractivity contribution is 1.02. The van der Waals surface area contributed by atoms with E-state index in [9.17, 15) is 4.79 Å². The number of anilines is 3. The van der Waals surface area contributed by atoms with E-state index in [0.29, 0.717) is 17.7 Å². The van der Waals surface area contributed by atoms with Gasteiger partial charge in [-0.05, 0) is 49.4 Å². The van der Waals surface area contributed by atoms with Crippen molar-refractivity contribution in [3.63, 3.8) is 0 Å². The summed E-state index contributed by atoms with van der Waals surface area (Å²) < 4.78 is 2.09. The van der Waals surface area contributed by atoms with Crippen LogP contribution < -0.4 is 16.1 Å². The number of hydrogen-bond acceptors (Lipinski definition) is 4. The second-order valence-electron chi connectivity index (χ2n) is 7.88. The van der Waals surface area contributed by atoms with Gasteiger partial charge in [-0.1, -0.05) is 54.6 Å². The first-order valence-electron chi connectivity index (χ1n) is 10.9. The fourth-order valence-corrected chi connectivity index (χ4v) is 4.04. The van der Waals surface area contributed by atoms with E-state index in [1.54, 1.807) is 6.07 Å². The second-order valence-corrected chi connectivity index (χ2v) is 7.88. The predicted octanol–water partition coefficient (Wildman–Crippen LogP) is 6.05. The molecule has 33 heavy (non-hydrogen) atoms. The predicted molar refractivity (Wildman–Crippen MR) is 136 cm³/mol. The van der Waals surface area contributed by atoms with E-state index in [4.69, 9.17) is 4.98 Å². The highest BCUT2D eigenvalue weighted by atomic mass is 16.1. The molecule has 0 bridgehead atoms. The molecule has 2 aromatic heterocycles. The van der Waals surface area contributed by atoms with Crippen molar-refractivity contribution in [1.29, 1.82) is 0 Å². The zero-order valence-corrected chi connectivity index (χ0v) is 18.3. The molecule has 5 heteroatoms. The van der Waals surface area contributed by atoms with E-state index in [1.165, 1.54) is 0 Å². The molecule has 0 amide bonds. The molecule has 0 spiro atoms. The molecule has 0 radical (unpaired) electrons. The van der Waals surface area contributed by atoms with Crippen molar-refractivity contribution in [2.24, 2.45) is 0 Å². The van der Waals surface area contributed by atoms with Crippen molar-refractivity contribution >= 4 is 28.1 Å². The van der Waals surface area contributed by atoms with Gasteiger partial charge in [0.1, 0.15) is 5.82 Å². The third kappa shape index (κ3) is 4.34. The Bertz CT molecular complexity index is 1450. The molecule has 2 heterocycles. The van der Waals surface area contributed by atoms with Crippen LogP contribution in [-0.2, 0) is 6.54 Å². The molecule has 0 unspecified atom stereocenters. The third-order valence-electron chi connectivity index (χ3n) is 5.49. The fraction of sp³-hybridized carbons (Fsp3) is 0.0714. The van der Waals surface area contributed by atoms with Gasteiger partial charge in [-0.25, -0.2) is 0 Å². The highest BCUT2D eigenvalue weighted by Crippen LogP contribution is 2.27. The van der Waals surface area contributed by atoms with Crippen LogP contribution in [0.25, 0.3) is 16.6 Å². The summed E-state index contributed by atoms with van der Waals surface area (Å²) >= 11 is 0. The van der Waals surface area contributed by atoms with Crippen LogP contribution in [0.3, 0.4) is 0 Å². The summed E-state index contributed by atoms with van der Waals surface area (Å²) in [5.41, 5.74) is 5.21. The molecule has 162 valence electrons. The van der Waals surface area contributed by atoms with E-state index in [2.05, 4.69) is 15.2 Å². The molecular formula is C28H24N4O. The summed E-state index contributed by atoms with van der Waals surface area (Å²) in [5, 5.41) is 7.44. The van der Waals surface area contributed by atoms with Crippen LogP contribution in [0.1, 0.15) is 11.4 Å². The first-order chi connectivity index (χ1) is 16.2. The van der Waals surface area contributed by atoms with Crippen LogP contribution in [0.2, 0.25) is 0 Å². The third-order valence-corrected chi connectivity index (χ3v) is 5.49. The second kappa shape index (κ2) is 9.01. The molecule has 0 aliphatic rings. The average molecular weight is 433 g/mol. The topological polar surface area (TPSA) is 59.0 Å². The first-order valence-corrected chi connectivity index (χ1v) is 10.9. The maximum Gasteiger partial charge on any atom is 0.193 e. The van der Waals surface area contributed by atoms with Crippen molar-refractivity contribution in [2.75, 3.05) is 10.6 Å². The molecule has 0 aliphatic carbocycles. The van der Waals surface area contributed by atoms with Crippen LogP contribution >= 0.6 is 0 Å². The van der Waals surface area contributed by atoms with E-state index < -0.39 is 0 Å². The average Bonchev–Trinajstić information content (AvgIpc) is 2.84. The van der Waals surface area contributed by atoms with Crippen LogP contribution in [0.15, 0.2) is 108 Å². The summed E-state index contributed by atoms with van der Waals surface area (Å²) in [4.78, 5) is 18.1. The molecule has 5 aromatic rings. The van der Waals surface area contributed by atoms with Gasteiger partial charge in [0.05, 0.1) is 23.1 Å². The number of hydrogen-bond donors (Lipinski definition) is 2. The lowest BCUT2D eigenvalue weighted by atomic mass is 10.1. The Morgan fingerprint density at radius 3 is 2.06 bits per heavy atom. The maximum atomic E-state index is 13.4. The van der Waals surface area contributed by atoms with Gasteiger partial charge in [-0.15, -0.1) is 0 Å². The monoisotopic (exact) mass is 432 g/mol. The Morgan fingerprint density at radius 1 is 0.788 bits per heavy atom. The van der Waals surface area contributed by atoms with E-state index in [0.717, 1.165) is 34.0 Å². The van der Waals surface area contributed by atoms with Crippen molar-refractivity contribution in [2.45, 2.75) is 13.5 Å². The van der Waals surface area contributed by atoms with Crippen LogP contribution in [0.5, 0.6) is 0 Å². The van der Waals surface area contributed by atoms with Gasteiger partial charge >= 0.3 is 0 Å². The Labute approximate surface area is 192 Å². The number of pyridine rings is 2. The summed E-state index contributed by atoms with van der Waals surface area (Å²) in [6, 6.07) is 33.5. The molecule has 0 saturated heterocycles. The van der Waals surface area contributed by atoms with Gasteiger partial charge in [-0.3, -0.25) is 14.3 Å². The standard InChI is InChI=1S/C28H24N4O/c1-20-17-25-28(24(30-20)19-29-21-11-5-2-6-12-21)26(33)18-27(31-22-13-7-3-8-14-22)32(25)23-15-9-4-10-16-23/h2-18,29,31H,19H2,1H3. The number of aryl methyl sites for hydroxylation is 1. The van der Waals surface area contributed by atoms with Crippen LogP contribution in [0, 0.1) is 6.92 Å².